The summed E-state index contributed by atoms with van der Waals surface area (Å²) in [6.07, 6.45) is 1.95. The third-order valence-corrected chi connectivity index (χ3v) is 2.29. The third kappa shape index (κ3) is 1.80. The number of ether oxygens (including phenoxy) is 2. The minimum atomic E-state index is -0.727. The van der Waals surface area contributed by atoms with E-state index in [1.807, 2.05) is 0 Å². The van der Waals surface area contributed by atoms with Crippen LogP contribution in [0.4, 0.5) is 0 Å². The summed E-state index contributed by atoms with van der Waals surface area (Å²) in [6.45, 7) is 0. The van der Waals surface area contributed by atoms with E-state index in [4.69, 9.17) is 9.47 Å². The van der Waals surface area contributed by atoms with Gasteiger partial charge in [-0.1, -0.05) is 12.1 Å². The van der Waals surface area contributed by atoms with E-state index in [1.165, 1.54) is 0 Å². The summed E-state index contributed by atoms with van der Waals surface area (Å²) in [5.41, 5.74) is 0.528. The smallest absolute Gasteiger partial charge is 0.338 e. The highest BCUT2D eigenvalue weighted by Crippen LogP contribution is 2.25. The van der Waals surface area contributed by atoms with Crippen molar-refractivity contribution >= 4 is 22.8 Å². The van der Waals surface area contributed by atoms with E-state index in [0.29, 0.717) is 10.9 Å². The van der Waals surface area contributed by atoms with Gasteiger partial charge in [-0.15, -0.1) is 0 Å². The lowest BCUT2D eigenvalue weighted by Crippen LogP contribution is -2.06. The number of carbonyl (C=O) groups is 2. The molecule has 6 heteroatoms. The highest BCUT2D eigenvalue weighted by Gasteiger charge is 2.16. The molecule has 0 fully saturated rings. The van der Waals surface area contributed by atoms with E-state index in [1.54, 1.807) is 24.3 Å². The number of carbonyl (C=O) groups excluding carboxylic acids is 2. The van der Waals surface area contributed by atoms with Crippen LogP contribution in [0.15, 0.2) is 36.4 Å². The fourth-order valence-electron chi connectivity index (χ4n) is 1.54. The van der Waals surface area contributed by atoms with E-state index in [0.717, 1.165) is 12.2 Å². The second kappa shape index (κ2) is 3.92. The van der Waals surface area contributed by atoms with Crippen molar-refractivity contribution in [3.63, 3.8) is 0 Å². The maximum absolute atomic E-state index is 11.4. The van der Waals surface area contributed by atoms with Gasteiger partial charge in [-0.25, -0.2) is 9.59 Å². The van der Waals surface area contributed by atoms with Crippen molar-refractivity contribution in [1.29, 1.82) is 0 Å². The van der Waals surface area contributed by atoms with E-state index in [9.17, 15) is 9.59 Å². The van der Waals surface area contributed by atoms with Crippen LogP contribution in [0.25, 0.3) is 10.9 Å². The van der Waals surface area contributed by atoms with E-state index in [-0.39, 0.29) is 11.9 Å². The Balaban J connectivity index is 2.26. The first-order chi connectivity index (χ1) is 8.72. The summed E-state index contributed by atoms with van der Waals surface area (Å²) in [7, 11) is 0. The van der Waals surface area contributed by atoms with Crippen molar-refractivity contribution in [1.82, 2.24) is 9.97 Å². The molecule has 0 saturated heterocycles. The number of esters is 2. The molecule has 1 aliphatic rings. The molecule has 1 aromatic heterocycles. The van der Waals surface area contributed by atoms with Gasteiger partial charge in [-0.2, -0.15) is 9.97 Å². The summed E-state index contributed by atoms with van der Waals surface area (Å²) in [5, 5.41) is 0.570. The molecule has 2 heterocycles. The maximum atomic E-state index is 11.4. The molecule has 0 amide bonds. The minimum absolute atomic E-state index is 0.0694. The minimum Gasteiger partial charge on any atom is -0.403 e. The predicted molar refractivity (Wildman–Crippen MR) is 59.9 cm³/mol. The number of aromatic nitrogens is 2. The molecular formula is C12H6N2O4. The van der Waals surface area contributed by atoms with Gasteiger partial charge in [0.15, 0.2) is 0 Å². The van der Waals surface area contributed by atoms with Gasteiger partial charge in [0, 0.05) is 12.2 Å². The van der Waals surface area contributed by atoms with Gasteiger partial charge in [0.05, 0.1) is 10.9 Å². The Hall–Kier alpha value is -2.76. The third-order valence-electron chi connectivity index (χ3n) is 2.29. The number of nitrogens with zero attached hydrogens (tertiary/aromatic N) is 2. The second-order valence-electron chi connectivity index (χ2n) is 3.50. The average molecular weight is 242 g/mol. The molecule has 0 N–H and O–H groups in total. The molecule has 0 saturated carbocycles. The fraction of sp³-hybridized carbons (Fsp3) is 0. The Kier molecular flexibility index (Phi) is 2.26. The normalized spacial score (nSPS) is 16.2. The largest absolute Gasteiger partial charge is 0.403 e. The molecule has 0 spiro atoms. The van der Waals surface area contributed by atoms with Crippen LogP contribution < -0.4 is 9.47 Å². The molecule has 0 atom stereocenters. The Labute approximate surface area is 101 Å². The van der Waals surface area contributed by atoms with E-state index >= 15 is 0 Å². The van der Waals surface area contributed by atoms with Crippen LogP contribution in [-0.4, -0.2) is 21.9 Å². The molecule has 3 rings (SSSR count). The topological polar surface area (TPSA) is 78.4 Å². The molecule has 0 unspecified atom stereocenters. The Morgan fingerprint density at radius 1 is 0.889 bits per heavy atom. The molecule has 88 valence electrons. The lowest BCUT2D eigenvalue weighted by Gasteiger charge is -2.05. The van der Waals surface area contributed by atoms with Gasteiger partial charge < -0.3 is 9.47 Å². The Bertz CT molecular complexity index is 694. The lowest BCUT2D eigenvalue weighted by atomic mass is 10.2. The first kappa shape index (κ1) is 10.4. The SMILES string of the molecule is O=C1/C=C\C(=O)Oc2nc(nc3ccccc23)O1. The van der Waals surface area contributed by atoms with Crippen molar-refractivity contribution in [3.8, 4) is 11.9 Å². The van der Waals surface area contributed by atoms with Crippen molar-refractivity contribution < 1.29 is 19.1 Å². The number of para-hydroxylation sites is 1. The predicted octanol–water partition coefficient (Wildman–Crippen LogP) is 1.01. The number of benzene rings is 1. The molecule has 2 bridgehead atoms. The van der Waals surface area contributed by atoms with E-state index in [2.05, 4.69) is 9.97 Å². The Morgan fingerprint density at radius 2 is 1.61 bits per heavy atom. The average Bonchev–Trinajstić information content (AvgIpc) is 2.40. The van der Waals surface area contributed by atoms with E-state index < -0.39 is 11.9 Å². The molecule has 1 aliphatic heterocycles. The first-order valence-corrected chi connectivity index (χ1v) is 5.11. The van der Waals surface area contributed by atoms with Gasteiger partial charge in [0.2, 0.25) is 5.88 Å². The summed E-state index contributed by atoms with van der Waals surface area (Å²) in [5.74, 6) is -1.35. The summed E-state index contributed by atoms with van der Waals surface area (Å²) in [4.78, 5) is 30.6. The molecule has 6 nitrogen and oxygen atoms in total. The Morgan fingerprint density at radius 3 is 2.44 bits per heavy atom. The number of fused-ring (bicyclic) bond motifs is 4. The standard InChI is InChI=1S/C12H6N2O4/c15-9-5-6-10(16)18-12-13-8-4-2-1-3-7(8)11(14-12)17-9/h1-6H/b6-5-. The van der Waals surface area contributed by atoms with Crippen molar-refractivity contribution in [2.45, 2.75) is 0 Å². The maximum Gasteiger partial charge on any atom is 0.338 e. The van der Waals surface area contributed by atoms with Crippen molar-refractivity contribution in [2.75, 3.05) is 0 Å². The zero-order valence-corrected chi connectivity index (χ0v) is 8.99. The fourth-order valence-corrected chi connectivity index (χ4v) is 1.54. The van der Waals surface area contributed by atoms with Crippen LogP contribution in [0.3, 0.4) is 0 Å². The number of hydrogen-bond acceptors (Lipinski definition) is 6. The van der Waals surface area contributed by atoms with Crippen LogP contribution in [0.1, 0.15) is 0 Å². The lowest BCUT2D eigenvalue weighted by molar-refractivity contribution is -0.131. The number of hydrogen-bond donors (Lipinski definition) is 0. The van der Waals surface area contributed by atoms with Gasteiger partial charge in [-0.3, -0.25) is 0 Å². The van der Waals surface area contributed by atoms with Crippen LogP contribution in [0.5, 0.6) is 11.9 Å². The summed E-state index contributed by atoms with van der Waals surface area (Å²) in [6, 6.07) is 6.81. The van der Waals surface area contributed by atoms with Crippen molar-refractivity contribution in [2.24, 2.45) is 0 Å². The second-order valence-corrected chi connectivity index (χ2v) is 3.50. The van der Waals surface area contributed by atoms with Crippen LogP contribution in [0.2, 0.25) is 0 Å². The zero-order chi connectivity index (χ0) is 12.5. The number of rotatable bonds is 0. The highest BCUT2D eigenvalue weighted by atomic mass is 16.6. The molecular weight excluding hydrogens is 236 g/mol. The summed E-state index contributed by atoms with van der Waals surface area (Å²) < 4.78 is 9.88. The monoisotopic (exact) mass is 242 g/mol. The molecule has 18 heavy (non-hydrogen) atoms. The van der Waals surface area contributed by atoms with Gasteiger partial charge >= 0.3 is 17.9 Å². The molecule has 2 aromatic rings. The zero-order valence-electron chi connectivity index (χ0n) is 8.99. The first-order valence-electron chi connectivity index (χ1n) is 5.11. The van der Waals surface area contributed by atoms with Crippen LogP contribution in [0, 0.1) is 0 Å². The van der Waals surface area contributed by atoms with Crippen LogP contribution >= 0.6 is 0 Å². The molecule has 0 radical (unpaired) electrons. The van der Waals surface area contributed by atoms with Gasteiger partial charge in [-0.05, 0) is 12.1 Å². The molecule has 1 aromatic carbocycles. The molecule has 0 aliphatic carbocycles. The highest BCUT2D eigenvalue weighted by molar-refractivity contribution is 5.95. The summed E-state index contributed by atoms with van der Waals surface area (Å²) >= 11 is 0. The van der Waals surface area contributed by atoms with Crippen LogP contribution in [-0.2, 0) is 9.59 Å². The van der Waals surface area contributed by atoms with Gasteiger partial charge in [0.1, 0.15) is 0 Å². The van der Waals surface area contributed by atoms with Gasteiger partial charge in [0.25, 0.3) is 0 Å². The quantitative estimate of drug-likeness (QED) is 0.641. The van der Waals surface area contributed by atoms with Crippen molar-refractivity contribution in [3.05, 3.63) is 36.4 Å².